The summed E-state index contributed by atoms with van der Waals surface area (Å²) in [5.41, 5.74) is 0. The number of rotatable bonds is 4. The van der Waals surface area contributed by atoms with Crippen LogP contribution in [0.3, 0.4) is 0 Å². The summed E-state index contributed by atoms with van der Waals surface area (Å²) in [6, 6.07) is 1.91. The van der Waals surface area contributed by atoms with Crippen LogP contribution in [-0.2, 0) is 11.3 Å². The molecule has 1 aromatic heterocycles. The standard InChI is InChI=1S/C14H24N6O/c1-3-15-14(16-6-8-20-7-4-5-17-20)19-11-9-18(10-12-19)13(2)21/h4-5,7H,3,6,8-12H2,1-2H3,(H,15,16). The number of carbonyl (C=O) groups is 1. The zero-order valence-corrected chi connectivity index (χ0v) is 12.8. The first kappa shape index (κ1) is 15.3. The fourth-order valence-electron chi connectivity index (χ4n) is 2.35. The van der Waals surface area contributed by atoms with E-state index in [1.165, 1.54) is 0 Å². The van der Waals surface area contributed by atoms with Gasteiger partial charge < -0.3 is 15.1 Å². The first-order valence-corrected chi connectivity index (χ1v) is 7.47. The monoisotopic (exact) mass is 292 g/mol. The number of hydrogen-bond acceptors (Lipinski definition) is 3. The van der Waals surface area contributed by atoms with Gasteiger partial charge in [0.1, 0.15) is 0 Å². The van der Waals surface area contributed by atoms with Crippen LogP contribution in [0.25, 0.3) is 0 Å². The maximum absolute atomic E-state index is 11.4. The molecule has 0 bridgehead atoms. The number of amides is 1. The van der Waals surface area contributed by atoms with E-state index in [1.54, 1.807) is 13.1 Å². The molecule has 0 spiro atoms. The van der Waals surface area contributed by atoms with Crippen LogP contribution < -0.4 is 5.32 Å². The summed E-state index contributed by atoms with van der Waals surface area (Å²) >= 11 is 0. The molecule has 1 amide bonds. The summed E-state index contributed by atoms with van der Waals surface area (Å²) in [4.78, 5) is 20.1. The third-order valence-corrected chi connectivity index (χ3v) is 3.51. The fourth-order valence-corrected chi connectivity index (χ4v) is 2.35. The van der Waals surface area contributed by atoms with Gasteiger partial charge in [-0.3, -0.25) is 14.5 Å². The molecule has 1 aliphatic rings. The Morgan fingerprint density at radius 2 is 2.00 bits per heavy atom. The van der Waals surface area contributed by atoms with Crippen LogP contribution in [-0.4, -0.2) is 70.7 Å². The van der Waals surface area contributed by atoms with E-state index in [0.717, 1.165) is 45.2 Å². The van der Waals surface area contributed by atoms with Crippen molar-refractivity contribution >= 4 is 11.9 Å². The van der Waals surface area contributed by atoms with Crippen LogP contribution in [0.1, 0.15) is 13.8 Å². The summed E-state index contributed by atoms with van der Waals surface area (Å²) in [7, 11) is 0. The van der Waals surface area contributed by atoms with Crippen LogP contribution >= 0.6 is 0 Å². The summed E-state index contributed by atoms with van der Waals surface area (Å²) in [6.45, 7) is 9.17. The summed E-state index contributed by atoms with van der Waals surface area (Å²) in [5.74, 6) is 1.07. The smallest absolute Gasteiger partial charge is 0.219 e. The highest BCUT2D eigenvalue weighted by Crippen LogP contribution is 2.02. The number of carbonyl (C=O) groups excluding carboxylic acids is 1. The molecule has 7 heteroatoms. The minimum absolute atomic E-state index is 0.148. The first-order chi connectivity index (χ1) is 10.2. The second kappa shape index (κ2) is 7.66. The number of nitrogens with zero attached hydrogens (tertiary/aromatic N) is 5. The molecule has 0 unspecified atom stereocenters. The first-order valence-electron chi connectivity index (χ1n) is 7.47. The fraction of sp³-hybridized carbons (Fsp3) is 0.643. The molecule has 0 aromatic carbocycles. The number of piperazine rings is 1. The van der Waals surface area contributed by atoms with Crippen molar-refractivity contribution in [3.8, 4) is 0 Å². The quantitative estimate of drug-likeness (QED) is 0.627. The predicted molar refractivity (Wildman–Crippen MR) is 82.0 cm³/mol. The molecule has 1 saturated heterocycles. The highest BCUT2D eigenvalue weighted by molar-refractivity contribution is 5.80. The number of guanidine groups is 1. The second-order valence-corrected chi connectivity index (χ2v) is 5.00. The van der Waals surface area contributed by atoms with Gasteiger partial charge in [-0.1, -0.05) is 0 Å². The van der Waals surface area contributed by atoms with Crippen molar-refractivity contribution in [2.45, 2.75) is 20.4 Å². The van der Waals surface area contributed by atoms with E-state index >= 15 is 0 Å². The Morgan fingerprint density at radius 1 is 1.29 bits per heavy atom. The highest BCUT2D eigenvalue weighted by Gasteiger charge is 2.20. The summed E-state index contributed by atoms with van der Waals surface area (Å²) in [6.07, 6.45) is 3.71. The van der Waals surface area contributed by atoms with Crippen molar-refractivity contribution in [3.63, 3.8) is 0 Å². The largest absolute Gasteiger partial charge is 0.357 e. The molecule has 1 aliphatic heterocycles. The maximum atomic E-state index is 11.4. The van der Waals surface area contributed by atoms with Crippen LogP contribution in [0.4, 0.5) is 0 Å². The third-order valence-electron chi connectivity index (χ3n) is 3.51. The van der Waals surface area contributed by atoms with Gasteiger partial charge in [0.05, 0.1) is 13.1 Å². The van der Waals surface area contributed by atoms with Gasteiger partial charge in [0.2, 0.25) is 5.91 Å². The van der Waals surface area contributed by atoms with Gasteiger partial charge in [0.25, 0.3) is 0 Å². The van der Waals surface area contributed by atoms with E-state index in [-0.39, 0.29) is 5.91 Å². The molecule has 1 aromatic rings. The summed E-state index contributed by atoms with van der Waals surface area (Å²) in [5, 5.41) is 7.49. The number of aromatic nitrogens is 2. The zero-order chi connectivity index (χ0) is 15.1. The lowest BCUT2D eigenvalue weighted by molar-refractivity contribution is -0.130. The van der Waals surface area contributed by atoms with Gasteiger partial charge in [-0.2, -0.15) is 5.10 Å². The zero-order valence-electron chi connectivity index (χ0n) is 12.8. The normalized spacial score (nSPS) is 16.2. The predicted octanol–water partition coefficient (Wildman–Crippen LogP) is 0.0127. The molecule has 21 heavy (non-hydrogen) atoms. The van der Waals surface area contributed by atoms with Gasteiger partial charge >= 0.3 is 0 Å². The molecule has 2 heterocycles. The van der Waals surface area contributed by atoms with E-state index in [0.29, 0.717) is 6.54 Å². The van der Waals surface area contributed by atoms with Crippen LogP contribution in [0.5, 0.6) is 0 Å². The van der Waals surface area contributed by atoms with E-state index in [9.17, 15) is 4.79 Å². The van der Waals surface area contributed by atoms with Gasteiger partial charge in [-0.25, -0.2) is 0 Å². The van der Waals surface area contributed by atoms with E-state index in [2.05, 4.69) is 27.2 Å². The molecule has 0 radical (unpaired) electrons. The Labute approximate surface area is 125 Å². The average molecular weight is 292 g/mol. The van der Waals surface area contributed by atoms with Crippen molar-refractivity contribution in [1.29, 1.82) is 0 Å². The molecule has 0 atom stereocenters. The van der Waals surface area contributed by atoms with Gasteiger partial charge in [-0.05, 0) is 13.0 Å². The Bertz CT molecular complexity index is 462. The molecule has 1 fully saturated rings. The van der Waals surface area contributed by atoms with Crippen molar-refractivity contribution in [2.75, 3.05) is 39.3 Å². The highest BCUT2D eigenvalue weighted by atomic mass is 16.2. The van der Waals surface area contributed by atoms with Crippen LogP contribution in [0, 0.1) is 0 Å². The molecule has 7 nitrogen and oxygen atoms in total. The van der Waals surface area contributed by atoms with Crippen molar-refractivity contribution < 1.29 is 4.79 Å². The Morgan fingerprint density at radius 3 is 2.57 bits per heavy atom. The van der Waals surface area contributed by atoms with Crippen molar-refractivity contribution in [1.82, 2.24) is 24.9 Å². The van der Waals surface area contributed by atoms with E-state index < -0.39 is 0 Å². The summed E-state index contributed by atoms with van der Waals surface area (Å²) < 4.78 is 1.88. The Hall–Kier alpha value is -2.05. The van der Waals surface area contributed by atoms with Crippen molar-refractivity contribution in [2.24, 2.45) is 4.99 Å². The Balaban J connectivity index is 1.87. The third kappa shape index (κ3) is 4.47. The number of aliphatic imine (C=N–C) groups is 1. The molecular formula is C14H24N6O. The minimum atomic E-state index is 0.148. The SMILES string of the molecule is CCNC(=NCCn1cccn1)N1CCN(C(C)=O)CC1. The maximum Gasteiger partial charge on any atom is 0.219 e. The molecule has 0 saturated carbocycles. The number of hydrogen-bond donors (Lipinski definition) is 1. The van der Waals surface area contributed by atoms with Crippen LogP contribution in [0.2, 0.25) is 0 Å². The minimum Gasteiger partial charge on any atom is -0.357 e. The molecule has 1 N–H and O–H groups in total. The van der Waals surface area contributed by atoms with E-state index in [4.69, 9.17) is 0 Å². The van der Waals surface area contributed by atoms with Crippen molar-refractivity contribution in [3.05, 3.63) is 18.5 Å². The van der Waals surface area contributed by atoms with Gasteiger partial charge in [0, 0.05) is 52.0 Å². The molecule has 116 valence electrons. The average Bonchev–Trinajstić information content (AvgIpc) is 3.00. The van der Waals surface area contributed by atoms with E-state index in [1.807, 2.05) is 21.8 Å². The Kier molecular flexibility index (Phi) is 5.59. The second-order valence-electron chi connectivity index (χ2n) is 5.00. The van der Waals surface area contributed by atoms with Gasteiger partial charge in [-0.15, -0.1) is 0 Å². The molecular weight excluding hydrogens is 268 g/mol. The van der Waals surface area contributed by atoms with Gasteiger partial charge in [0.15, 0.2) is 5.96 Å². The molecule has 0 aliphatic carbocycles. The molecule has 2 rings (SSSR count). The lowest BCUT2D eigenvalue weighted by Gasteiger charge is -2.36. The van der Waals surface area contributed by atoms with Crippen LogP contribution in [0.15, 0.2) is 23.5 Å². The number of nitrogens with one attached hydrogen (secondary N) is 1. The lowest BCUT2D eigenvalue weighted by atomic mass is 10.3. The topological polar surface area (TPSA) is 65.8 Å². The lowest BCUT2D eigenvalue weighted by Crippen LogP contribution is -2.53.